The Bertz CT molecular complexity index is 590. The van der Waals surface area contributed by atoms with Crippen LogP contribution in [-0.4, -0.2) is 43.1 Å². The maximum atomic E-state index is 12.2. The highest BCUT2D eigenvalue weighted by Gasteiger charge is 2.20. The van der Waals surface area contributed by atoms with Gasteiger partial charge in [0.1, 0.15) is 0 Å². The first-order valence-electron chi connectivity index (χ1n) is 7.61. The topological polar surface area (TPSA) is 54.5 Å². The summed E-state index contributed by atoms with van der Waals surface area (Å²) in [7, 11) is 3.56. The van der Waals surface area contributed by atoms with Gasteiger partial charge in [0.15, 0.2) is 0 Å². The van der Waals surface area contributed by atoms with E-state index in [0.717, 1.165) is 11.3 Å². The molecule has 1 unspecified atom stereocenters. The second-order valence-corrected chi connectivity index (χ2v) is 5.40. The Morgan fingerprint density at radius 2 is 1.96 bits per heavy atom. The largest absolute Gasteiger partial charge is 0.383 e. The molecule has 5 heteroatoms. The maximum absolute atomic E-state index is 12.2. The van der Waals surface area contributed by atoms with E-state index in [4.69, 9.17) is 4.74 Å². The van der Waals surface area contributed by atoms with Crippen LogP contribution in [0.1, 0.15) is 17.3 Å². The van der Waals surface area contributed by atoms with E-state index in [0.29, 0.717) is 13.2 Å². The number of ether oxygens (including phenoxy) is 1. The molecule has 1 heterocycles. The summed E-state index contributed by atoms with van der Waals surface area (Å²) in [6.07, 6.45) is 1.75. The van der Waals surface area contributed by atoms with Gasteiger partial charge in [-0.05, 0) is 24.7 Å². The molecule has 1 atom stereocenters. The van der Waals surface area contributed by atoms with Gasteiger partial charge in [-0.2, -0.15) is 0 Å². The van der Waals surface area contributed by atoms with Gasteiger partial charge in [-0.3, -0.25) is 14.7 Å². The van der Waals surface area contributed by atoms with Crippen molar-refractivity contribution in [3.8, 4) is 0 Å². The number of hydrogen-bond acceptors (Lipinski definition) is 4. The lowest BCUT2D eigenvalue weighted by atomic mass is 10.1. The van der Waals surface area contributed by atoms with Crippen molar-refractivity contribution in [3.05, 3.63) is 66.0 Å². The molecule has 1 aromatic carbocycles. The quantitative estimate of drug-likeness (QED) is 0.810. The molecule has 1 aromatic heterocycles. The van der Waals surface area contributed by atoms with Crippen molar-refractivity contribution in [2.75, 3.05) is 27.3 Å². The predicted octanol–water partition coefficient (Wildman–Crippen LogP) is 2.02. The number of carbonyl (C=O) groups is 1. The van der Waals surface area contributed by atoms with Gasteiger partial charge >= 0.3 is 0 Å². The minimum Gasteiger partial charge on any atom is -0.383 e. The summed E-state index contributed by atoms with van der Waals surface area (Å²) in [5.41, 5.74) is 1.98. The molecule has 1 amide bonds. The molecule has 0 aliphatic heterocycles. The van der Waals surface area contributed by atoms with Crippen LogP contribution in [0.4, 0.5) is 0 Å². The third-order valence-electron chi connectivity index (χ3n) is 3.61. The molecule has 0 aliphatic carbocycles. The Kier molecular flexibility index (Phi) is 6.72. The average Bonchev–Trinajstić information content (AvgIpc) is 2.59. The Hall–Kier alpha value is -2.24. The third-order valence-corrected chi connectivity index (χ3v) is 3.61. The van der Waals surface area contributed by atoms with Crippen molar-refractivity contribution in [3.63, 3.8) is 0 Å². The summed E-state index contributed by atoms with van der Waals surface area (Å²) in [6.45, 7) is 1.31. The van der Waals surface area contributed by atoms with E-state index in [9.17, 15) is 4.79 Å². The van der Waals surface area contributed by atoms with Crippen LogP contribution < -0.4 is 5.32 Å². The zero-order chi connectivity index (χ0) is 16.5. The lowest BCUT2D eigenvalue weighted by Gasteiger charge is -2.26. The average molecular weight is 313 g/mol. The Labute approximate surface area is 137 Å². The first kappa shape index (κ1) is 17.1. The van der Waals surface area contributed by atoms with Crippen LogP contribution in [0.15, 0.2) is 54.7 Å². The number of benzene rings is 1. The molecule has 23 heavy (non-hydrogen) atoms. The summed E-state index contributed by atoms with van der Waals surface area (Å²) in [5, 5.41) is 2.94. The third kappa shape index (κ3) is 5.47. The molecule has 0 radical (unpaired) electrons. The van der Waals surface area contributed by atoms with E-state index in [-0.39, 0.29) is 18.5 Å². The maximum Gasteiger partial charge on any atom is 0.234 e. The van der Waals surface area contributed by atoms with E-state index in [1.807, 2.05) is 60.5 Å². The van der Waals surface area contributed by atoms with Gasteiger partial charge in [-0.15, -0.1) is 0 Å². The number of amides is 1. The molecule has 1 N–H and O–H groups in total. The smallest absolute Gasteiger partial charge is 0.234 e. The van der Waals surface area contributed by atoms with Crippen molar-refractivity contribution in [2.45, 2.75) is 12.6 Å². The number of likely N-dealkylation sites (N-methyl/N-ethyl adjacent to an activating group) is 1. The van der Waals surface area contributed by atoms with Gasteiger partial charge in [-0.25, -0.2) is 0 Å². The van der Waals surface area contributed by atoms with Crippen molar-refractivity contribution in [2.24, 2.45) is 0 Å². The molecule has 0 spiro atoms. The van der Waals surface area contributed by atoms with Crippen molar-refractivity contribution in [1.29, 1.82) is 0 Å². The number of nitrogens with one attached hydrogen (secondary N) is 1. The monoisotopic (exact) mass is 313 g/mol. The van der Waals surface area contributed by atoms with Crippen molar-refractivity contribution in [1.82, 2.24) is 15.2 Å². The molecule has 2 aromatic rings. The van der Waals surface area contributed by atoms with Crippen LogP contribution in [0.2, 0.25) is 0 Å². The minimum atomic E-state index is -0.0522. The van der Waals surface area contributed by atoms with Gasteiger partial charge < -0.3 is 10.1 Å². The van der Waals surface area contributed by atoms with Crippen LogP contribution in [0, 0.1) is 0 Å². The fourth-order valence-electron chi connectivity index (χ4n) is 2.36. The predicted molar refractivity (Wildman–Crippen MR) is 89.8 cm³/mol. The van der Waals surface area contributed by atoms with Gasteiger partial charge in [-0.1, -0.05) is 36.4 Å². The molecule has 0 aliphatic rings. The number of methoxy groups -OCH3 is 1. The number of nitrogens with zero attached hydrogens (tertiary/aromatic N) is 2. The van der Waals surface area contributed by atoms with Crippen LogP contribution >= 0.6 is 0 Å². The zero-order valence-corrected chi connectivity index (χ0v) is 13.6. The molecule has 0 saturated carbocycles. The summed E-state index contributed by atoms with van der Waals surface area (Å²) >= 11 is 0. The van der Waals surface area contributed by atoms with Crippen LogP contribution in [0.5, 0.6) is 0 Å². The Morgan fingerprint density at radius 3 is 2.61 bits per heavy atom. The highest BCUT2D eigenvalue weighted by molar-refractivity contribution is 5.78. The number of carbonyl (C=O) groups excluding carboxylic acids is 1. The minimum absolute atomic E-state index is 0.0200. The van der Waals surface area contributed by atoms with E-state index < -0.39 is 0 Å². The van der Waals surface area contributed by atoms with E-state index in [2.05, 4.69) is 10.3 Å². The molecular formula is C18H23N3O2. The second kappa shape index (κ2) is 9.02. The first-order valence-corrected chi connectivity index (χ1v) is 7.61. The standard InChI is InChI=1S/C18H23N3O2/c1-21(17(14-23-2)16-10-6-7-11-19-16)13-18(22)20-12-15-8-4-3-5-9-15/h3-11,17H,12-14H2,1-2H3,(H,20,22). The van der Waals surface area contributed by atoms with E-state index in [1.165, 1.54) is 0 Å². The van der Waals surface area contributed by atoms with E-state index >= 15 is 0 Å². The number of aromatic nitrogens is 1. The summed E-state index contributed by atoms with van der Waals surface area (Å²) in [5.74, 6) is -0.0200. The zero-order valence-electron chi connectivity index (χ0n) is 13.6. The summed E-state index contributed by atoms with van der Waals surface area (Å²) < 4.78 is 5.28. The summed E-state index contributed by atoms with van der Waals surface area (Å²) in [4.78, 5) is 18.5. The van der Waals surface area contributed by atoms with Gasteiger partial charge in [0, 0.05) is 19.9 Å². The molecule has 0 fully saturated rings. The highest BCUT2D eigenvalue weighted by Crippen LogP contribution is 2.16. The van der Waals surface area contributed by atoms with Gasteiger partial charge in [0.25, 0.3) is 0 Å². The Balaban J connectivity index is 1.90. The molecule has 2 rings (SSSR count). The molecule has 122 valence electrons. The fourth-order valence-corrected chi connectivity index (χ4v) is 2.36. The van der Waals surface area contributed by atoms with Crippen LogP contribution in [0.3, 0.4) is 0 Å². The SMILES string of the molecule is COCC(c1ccccn1)N(C)CC(=O)NCc1ccccc1. The number of rotatable bonds is 8. The molecule has 5 nitrogen and oxygen atoms in total. The number of pyridine rings is 1. The molecular weight excluding hydrogens is 290 g/mol. The van der Waals surface area contributed by atoms with Crippen molar-refractivity contribution >= 4 is 5.91 Å². The fraction of sp³-hybridized carbons (Fsp3) is 0.333. The van der Waals surface area contributed by atoms with Gasteiger partial charge in [0.2, 0.25) is 5.91 Å². The molecule has 0 saturated heterocycles. The molecule has 0 bridgehead atoms. The normalized spacial score (nSPS) is 12.1. The van der Waals surface area contributed by atoms with Gasteiger partial charge in [0.05, 0.1) is 24.9 Å². The second-order valence-electron chi connectivity index (χ2n) is 5.40. The lowest BCUT2D eigenvalue weighted by Crippen LogP contribution is -2.38. The van der Waals surface area contributed by atoms with Crippen molar-refractivity contribution < 1.29 is 9.53 Å². The Morgan fingerprint density at radius 1 is 1.22 bits per heavy atom. The highest BCUT2D eigenvalue weighted by atomic mass is 16.5. The summed E-state index contributed by atoms with van der Waals surface area (Å²) in [6, 6.07) is 15.6. The van der Waals surface area contributed by atoms with Crippen LogP contribution in [-0.2, 0) is 16.1 Å². The first-order chi connectivity index (χ1) is 11.2. The van der Waals surface area contributed by atoms with E-state index in [1.54, 1.807) is 13.3 Å². The van der Waals surface area contributed by atoms with Crippen LogP contribution in [0.25, 0.3) is 0 Å². The number of hydrogen-bond donors (Lipinski definition) is 1. The lowest BCUT2D eigenvalue weighted by molar-refractivity contribution is -0.122.